The number of benzene rings is 1. The van der Waals surface area contributed by atoms with Crippen LogP contribution in [0.3, 0.4) is 0 Å². The van der Waals surface area contributed by atoms with E-state index in [0.717, 1.165) is 12.2 Å². The van der Waals surface area contributed by atoms with Gasteiger partial charge in [0.1, 0.15) is 5.76 Å². The highest BCUT2D eigenvalue weighted by atomic mass is 16.3. The number of hydrogen-bond acceptors (Lipinski definition) is 2. The summed E-state index contributed by atoms with van der Waals surface area (Å²) in [5.41, 5.74) is 2.63. The van der Waals surface area contributed by atoms with Crippen molar-refractivity contribution in [3.05, 3.63) is 59.5 Å². The first-order chi connectivity index (χ1) is 8.70. The molecule has 0 spiro atoms. The van der Waals surface area contributed by atoms with Crippen LogP contribution in [0, 0.1) is 5.92 Å². The first-order valence-corrected chi connectivity index (χ1v) is 6.50. The summed E-state index contributed by atoms with van der Waals surface area (Å²) in [6.07, 6.45) is 2.85. The molecule has 0 aliphatic rings. The molecular formula is C16H21NO. The first kappa shape index (κ1) is 12.9. The summed E-state index contributed by atoms with van der Waals surface area (Å²) in [6.45, 7) is 4.49. The summed E-state index contributed by atoms with van der Waals surface area (Å²) in [4.78, 5) is 0. The SMILES string of the molecule is CNC(c1ccc(CC(C)C)cc1)c1ccco1. The van der Waals surface area contributed by atoms with Crippen LogP contribution in [0.15, 0.2) is 47.1 Å². The fourth-order valence-electron chi connectivity index (χ4n) is 2.25. The summed E-state index contributed by atoms with van der Waals surface area (Å²) >= 11 is 0. The molecule has 0 radical (unpaired) electrons. The van der Waals surface area contributed by atoms with Crippen LogP contribution in [0.4, 0.5) is 0 Å². The van der Waals surface area contributed by atoms with E-state index in [9.17, 15) is 0 Å². The van der Waals surface area contributed by atoms with Crippen molar-refractivity contribution in [2.75, 3.05) is 7.05 Å². The Morgan fingerprint density at radius 2 is 1.83 bits per heavy atom. The maximum absolute atomic E-state index is 5.47. The average Bonchev–Trinajstić information content (AvgIpc) is 2.85. The molecule has 2 heteroatoms. The molecule has 1 aromatic carbocycles. The second-order valence-corrected chi connectivity index (χ2v) is 5.08. The Labute approximate surface area is 109 Å². The van der Waals surface area contributed by atoms with Gasteiger partial charge in [0, 0.05) is 0 Å². The zero-order valence-electron chi connectivity index (χ0n) is 11.3. The van der Waals surface area contributed by atoms with Crippen LogP contribution in [0.1, 0.15) is 36.8 Å². The highest BCUT2D eigenvalue weighted by molar-refractivity contribution is 5.29. The number of nitrogens with one attached hydrogen (secondary N) is 1. The molecule has 2 rings (SSSR count). The van der Waals surface area contributed by atoms with Crippen molar-refractivity contribution in [3.8, 4) is 0 Å². The third-order valence-corrected chi connectivity index (χ3v) is 3.07. The third-order valence-electron chi connectivity index (χ3n) is 3.07. The van der Waals surface area contributed by atoms with E-state index in [1.54, 1.807) is 6.26 Å². The smallest absolute Gasteiger partial charge is 0.125 e. The number of furan rings is 1. The maximum Gasteiger partial charge on any atom is 0.125 e. The molecule has 1 heterocycles. The molecule has 18 heavy (non-hydrogen) atoms. The highest BCUT2D eigenvalue weighted by Gasteiger charge is 2.14. The molecule has 0 aliphatic carbocycles. The molecular weight excluding hydrogens is 222 g/mol. The van der Waals surface area contributed by atoms with E-state index in [1.807, 2.05) is 19.2 Å². The van der Waals surface area contributed by atoms with Crippen molar-refractivity contribution in [3.63, 3.8) is 0 Å². The molecule has 0 saturated heterocycles. The lowest BCUT2D eigenvalue weighted by atomic mass is 9.98. The third kappa shape index (κ3) is 3.02. The van der Waals surface area contributed by atoms with E-state index in [4.69, 9.17) is 4.42 Å². The van der Waals surface area contributed by atoms with Gasteiger partial charge in [-0.05, 0) is 42.6 Å². The Kier molecular flexibility index (Phi) is 4.21. The van der Waals surface area contributed by atoms with Crippen molar-refractivity contribution >= 4 is 0 Å². The maximum atomic E-state index is 5.47. The van der Waals surface area contributed by atoms with Crippen LogP contribution in [-0.2, 0) is 6.42 Å². The Hall–Kier alpha value is -1.54. The molecule has 1 aromatic heterocycles. The molecule has 2 nitrogen and oxygen atoms in total. The molecule has 0 amide bonds. The number of hydrogen-bond donors (Lipinski definition) is 1. The van der Waals surface area contributed by atoms with Crippen LogP contribution in [-0.4, -0.2) is 7.05 Å². The lowest BCUT2D eigenvalue weighted by molar-refractivity contribution is 0.463. The molecule has 0 fully saturated rings. The lowest BCUT2D eigenvalue weighted by Crippen LogP contribution is -2.16. The van der Waals surface area contributed by atoms with Gasteiger partial charge in [0.15, 0.2) is 0 Å². The van der Waals surface area contributed by atoms with Gasteiger partial charge in [0.2, 0.25) is 0 Å². The molecule has 0 bridgehead atoms. The van der Waals surface area contributed by atoms with Crippen molar-refractivity contribution in [1.82, 2.24) is 5.32 Å². The predicted octanol–water partition coefficient (Wildman–Crippen LogP) is 3.79. The molecule has 1 atom stereocenters. The largest absolute Gasteiger partial charge is 0.467 e. The normalized spacial score (nSPS) is 12.9. The van der Waals surface area contributed by atoms with Gasteiger partial charge < -0.3 is 9.73 Å². The molecule has 0 saturated carbocycles. The van der Waals surface area contributed by atoms with Crippen LogP contribution >= 0.6 is 0 Å². The molecule has 1 unspecified atom stereocenters. The highest BCUT2D eigenvalue weighted by Crippen LogP contribution is 2.22. The van der Waals surface area contributed by atoms with Crippen LogP contribution in [0.5, 0.6) is 0 Å². The second-order valence-electron chi connectivity index (χ2n) is 5.08. The van der Waals surface area contributed by atoms with Gasteiger partial charge in [-0.2, -0.15) is 0 Å². The Morgan fingerprint density at radius 3 is 2.33 bits per heavy atom. The predicted molar refractivity (Wildman–Crippen MR) is 74.6 cm³/mol. The van der Waals surface area contributed by atoms with Crippen LogP contribution in [0.2, 0.25) is 0 Å². The summed E-state index contributed by atoms with van der Waals surface area (Å²) in [5, 5.41) is 3.29. The minimum absolute atomic E-state index is 0.133. The Balaban J connectivity index is 2.17. The van der Waals surface area contributed by atoms with E-state index in [0.29, 0.717) is 5.92 Å². The molecule has 1 N–H and O–H groups in total. The van der Waals surface area contributed by atoms with E-state index < -0.39 is 0 Å². The van der Waals surface area contributed by atoms with Crippen molar-refractivity contribution in [1.29, 1.82) is 0 Å². The van der Waals surface area contributed by atoms with Crippen molar-refractivity contribution in [2.45, 2.75) is 26.3 Å². The van der Waals surface area contributed by atoms with Crippen LogP contribution in [0.25, 0.3) is 0 Å². The van der Waals surface area contributed by atoms with Gasteiger partial charge in [0.05, 0.1) is 12.3 Å². The summed E-state index contributed by atoms with van der Waals surface area (Å²) < 4.78 is 5.47. The molecule has 2 aromatic rings. The minimum Gasteiger partial charge on any atom is -0.467 e. The van der Waals surface area contributed by atoms with Gasteiger partial charge in [0.25, 0.3) is 0 Å². The average molecular weight is 243 g/mol. The summed E-state index contributed by atoms with van der Waals surface area (Å²) in [6, 6.07) is 12.8. The zero-order valence-corrected chi connectivity index (χ0v) is 11.3. The van der Waals surface area contributed by atoms with Crippen molar-refractivity contribution < 1.29 is 4.42 Å². The topological polar surface area (TPSA) is 25.2 Å². The first-order valence-electron chi connectivity index (χ1n) is 6.50. The second kappa shape index (κ2) is 5.87. The fourth-order valence-corrected chi connectivity index (χ4v) is 2.25. The lowest BCUT2D eigenvalue weighted by Gasteiger charge is -2.15. The van der Waals surface area contributed by atoms with E-state index in [1.165, 1.54) is 11.1 Å². The van der Waals surface area contributed by atoms with Gasteiger partial charge in [-0.25, -0.2) is 0 Å². The van der Waals surface area contributed by atoms with E-state index in [-0.39, 0.29) is 6.04 Å². The van der Waals surface area contributed by atoms with Gasteiger partial charge in [-0.3, -0.25) is 0 Å². The number of rotatable bonds is 5. The monoisotopic (exact) mass is 243 g/mol. The van der Waals surface area contributed by atoms with Crippen molar-refractivity contribution in [2.24, 2.45) is 5.92 Å². The quantitative estimate of drug-likeness (QED) is 0.864. The van der Waals surface area contributed by atoms with Gasteiger partial charge >= 0.3 is 0 Å². The molecule has 96 valence electrons. The standard InChI is InChI=1S/C16H21NO/c1-12(2)11-13-6-8-14(9-7-13)16(17-3)15-5-4-10-18-15/h4-10,12,16-17H,11H2,1-3H3. The minimum atomic E-state index is 0.133. The summed E-state index contributed by atoms with van der Waals surface area (Å²) in [7, 11) is 1.95. The Morgan fingerprint density at radius 1 is 1.11 bits per heavy atom. The van der Waals surface area contributed by atoms with Gasteiger partial charge in [-0.1, -0.05) is 38.1 Å². The van der Waals surface area contributed by atoms with Crippen LogP contribution < -0.4 is 5.32 Å². The zero-order chi connectivity index (χ0) is 13.0. The van der Waals surface area contributed by atoms with Gasteiger partial charge in [-0.15, -0.1) is 0 Å². The molecule has 0 aliphatic heterocycles. The summed E-state index contributed by atoms with van der Waals surface area (Å²) in [5.74, 6) is 1.65. The Bertz CT molecular complexity index is 456. The van der Waals surface area contributed by atoms with E-state index >= 15 is 0 Å². The fraction of sp³-hybridized carbons (Fsp3) is 0.375. The van der Waals surface area contributed by atoms with E-state index in [2.05, 4.69) is 43.4 Å².